The molecule has 4 heteroatoms. The van der Waals surface area contributed by atoms with Crippen molar-refractivity contribution in [3.63, 3.8) is 0 Å². The van der Waals surface area contributed by atoms with E-state index in [9.17, 15) is 9.90 Å². The van der Waals surface area contributed by atoms with Gasteiger partial charge in [0.05, 0.1) is 12.7 Å². The van der Waals surface area contributed by atoms with E-state index >= 15 is 0 Å². The van der Waals surface area contributed by atoms with Crippen LogP contribution in [0, 0.1) is 0 Å². The molecule has 2 aromatic rings. The van der Waals surface area contributed by atoms with Crippen molar-refractivity contribution in [1.29, 1.82) is 0 Å². The van der Waals surface area contributed by atoms with Crippen molar-refractivity contribution in [3.05, 3.63) is 53.6 Å². The van der Waals surface area contributed by atoms with Gasteiger partial charge in [-0.2, -0.15) is 0 Å². The first kappa shape index (κ1) is 17.0. The van der Waals surface area contributed by atoms with Crippen LogP contribution < -0.4 is 0 Å². The third-order valence-corrected chi connectivity index (χ3v) is 3.40. The maximum absolute atomic E-state index is 12.4. The Morgan fingerprint density at radius 2 is 1.87 bits per heavy atom. The van der Waals surface area contributed by atoms with Crippen LogP contribution in [0.1, 0.15) is 29.8 Å². The van der Waals surface area contributed by atoms with Crippen LogP contribution in [0.2, 0.25) is 0 Å². The second kappa shape index (κ2) is 7.79. The average molecular weight is 314 g/mol. The number of hydrogen-bond donors (Lipinski definition) is 1. The summed E-state index contributed by atoms with van der Waals surface area (Å²) in [6.45, 7) is 4.11. The molecule has 0 aromatic heterocycles. The maximum Gasteiger partial charge on any atom is 0.342 e. The molecular weight excluding hydrogens is 292 g/mol. The van der Waals surface area contributed by atoms with Gasteiger partial charge in [0, 0.05) is 12.7 Å². The number of carbonyl (C=O) groups excluding carboxylic acids is 1. The highest BCUT2D eigenvalue weighted by Crippen LogP contribution is 2.33. The second-order valence-corrected chi connectivity index (χ2v) is 5.60. The van der Waals surface area contributed by atoms with E-state index in [4.69, 9.17) is 9.47 Å². The Kier molecular flexibility index (Phi) is 5.77. The lowest BCUT2D eigenvalue weighted by molar-refractivity contribution is 0.0375. The maximum atomic E-state index is 12.4. The Labute approximate surface area is 136 Å². The lowest BCUT2D eigenvalue weighted by Crippen LogP contribution is -2.13. The van der Waals surface area contributed by atoms with Crippen LogP contribution >= 0.6 is 0 Å². The molecule has 0 unspecified atom stereocenters. The minimum absolute atomic E-state index is 0.0666. The summed E-state index contributed by atoms with van der Waals surface area (Å²) < 4.78 is 10.4. The van der Waals surface area contributed by atoms with Crippen LogP contribution in [0.25, 0.3) is 11.1 Å². The average Bonchev–Trinajstić information content (AvgIpc) is 2.52. The van der Waals surface area contributed by atoms with Crippen LogP contribution in [0.3, 0.4) is 0 Å². The van der Waals surface area contributed by atoms with Crippen LogP contribution in [0.15, 0.2) is 42.5 Å². The lowest BCUT2D eigenvalue weighted by atomic mass is 9.95. The summed E-state index contributed by atoms with van der Waals surface area (Å²) in [5, 5.41) is 10.4. The van der Waals surface area contributed by atoms with Crippen molar-refractivity contribution in [2.45, 2.75) is 26.4 Å². The molecule has 4 nitrogen and oxygen atoms in total. The van der Waals surface area contributed by atoms with Crippen LogP contribution in [-0.4, -0.2) is 30.9 Å². The number of phenolic OH excluding ortho intramolecular Hbond substituents is 1. The van der Waals surface area contributed by atoms with E-state index in [2.05, 4.69) is 0 Å². The molecule has 1 N–H and O–H groups in total. The normalized spacial score (nSPS) is 10.8. The van der Waals surface area contributed by atoms with E-state index < -0.39 is 5.97 Å². The van der Waals surface area contributed by atoms with E-state index in [0.29, 0.717) is 18.6 Å². The van der Waals surface area contributed by atoms with Gasteiger partial charge in [0.15, 0.2) is 0 Å². The van der Waals surface area contributed by atoms with Gasteiger partial charge < -0.3 is 14.6 Å². The standard InChI is InChI=1S/C19H22O4/c1-13(2)23-19(21)18-16(15-7-5-4-6-8-15)11-14(9-10-22-3)12-17(18)20/h4-8,11-13,20H,9-10H2,1-3H3. The minimum atomic E-state index is -0.519. The quantitative estimate of drug-likeness (QED) is 0.824. The summed E-state index contributed by atoms with van der Waals surface area (Å²) in [6.07, 6.45) is 0.405. The second-order valence-electron chi connectivity index (χ2n) is 5.60. The van der Waals surface area contributed by atoms with Gasteiger partial charge in [0.1, 0.15) is 11.3 Å². The fraction of sp³-hybridized carbons (Fsp3) is 0.316. The Morgan fingerprint density at radius 1 is 1.17 bits per heavy atom. The molecule has 2 rings (SSSR count). The van der Waals surface area contributed by atoms with Gasteiger partial charge in [0.25, 0.3) is 0 Å². The molecule has 0 fully saturated rings. The van der Waals surface area contributed by atoms with E-state index in [1.54, 1.807) is 27.0 Å². The zero-order valence-corrected chi connectivity index (χ0v) is 13.7. The van der Waals surface area contributed by atoms with Crippen molar-refractivity contribution in [1.82, 2.24) is 0 Å². The van der Waals surface area contributed by atoms with Gasteiger partial charge in [-0.1, -0.05) is 30.3 Å². The molecule has 23 heavy (non-hydrogen) atoms. The molecule has 0 bridgehead atoms. The van der Waals surface area contributed by atoms with E-state index in [1.165, 1.54) is 0 Å². The Hall–Kier alpha value is -2.33. The number of phenols is 1. The van der Waals surface area contributed by atoms with Crippen LogP contribution in [0.4, 0.5) is 0 Å². The highest BCUT2D eigenvalue weighted by molar-refractivity contribution is 6.00. The van der Waals surface area contributed by atoms with E-state index in [1.807, 2.05) is 36.4 Å². The number of methoxy groups -OCH3 is 1. The summed E-state index contributed by atoms with van der Waals surface area (Å²) in [7, 11) is 1.63. The molecule has 2 aromatic carbocycles. The number of esters is 1. The molecule has 0 atom stereocenters. The molecule has 0 aliphatic heterocycles. The minimum Gasteiger partial charge on any atom is -0.507 e. The fourth-order valence-electron chi connectivity index (χ4n) is 2.38. The Bertz CT molecular complexity index is 663. The number of hydrogen-bond acceptors (Lipinski definition) is 4. The van der Waals surface area contributed by atoms with Gasteiger partial charge in [-0.25, -0.2) is 4.79 Å². The van der Waals surface area contributed by atoms with Crippen LogP contribution in [0.5, 0.6) is 5.75 Å². The van der Waals surface area contributed by atoms with E-state index in [-0.39, 0.29) is 17.4 Å². The van der Waals surface area contributed by atoms with Crippen molar-refractivity contribution < 1.29 is 19.4 Å². The molecule has 0 spiro atoms. The summed E-state index contributed by atoms with van der Waals surface area (Å²) >= 11 is 0. The number of benzene rings is 2. The Morgan fingerprint density at radius 3 is 2.48 bits per heavy atom. The molecule has 0 aliphatic rings. The first-order chi connectivity index (χ1) is 11.0. The van der Waals surface area contributed by atoms with Crippen molar-refractivity contribution in [2.24, 2.45) is 0 Å². The van der Waals surface area contributed by atoms with E-state index in [0.717, 1.165) is 11.1 Å². The molecule has 0 radical (unpaired) electrons. The molecule has 0 aliphatic carbocycles. The monoisotopic (exact) mass is 314 g/mol. The van der Waals surface area contributed by atoms with Crippen molar-refractivity contribution in [3.8, 4) is 16.9 Å². The predicted octanol–water partition coefficient (Wildman–Crippen LogP) is 3.81. The molecule has 122 valence electrons. The van der Waals surface area contributed by atoms with Crippen LogP contribution in [-0.2, 0) is 15.9 Å². The zero-order valence-electron chi connectivity index (χ0n) is 13.7. The zero-order chi connectivity index (χ0) is 16.8. The number of aromatic hydroxyl groups is 1. The van der Waals surface area contributed by atoms with Gasteiger partial charge in [-0.15, -0.1) is 0 Å². The number of carbonyl (C=O) groups is 1. The summed E-state index contributed by atoms with van der Waals surface area (Å²) in [5.74, 6) is -0.585. The molecule has 0 amide bonds. The largest absolute Gasteiger partial charge is 0.507 e. The van der Waals surface area contributed by atoms with Crippen molar-refractivity contribution in [2.75, 3.05) is 13.7 Å². The summed E-state index contributed by atoms with van der Waals surface area (Å²) in [6, 6.07) is 13.0. The molecule has 0 heterocycles. The summed E-state index contributed by atoms with van der Waals surface area (Å²) in [4.78, 5) is 12.4. The van der Waals surface area contributed by atoms with Gasteiger partial charge in [0.2, 0.25) is 0 Å². The molecular formula is C19H22O4. The highest BCUT2D eigenvalue weighted by Gasteiger charge is 2.21. The fourth-order valence-corrected chi connectivity index (χ4v) is 2.38. The molecule has 0 saturated heterocycles. The third kappa shape index (κ3) is 4.33. The number of rotatable bonds is 6. The molecule has 0 saturated carbocycles. The number of ether oxygens (including phenoxy) is 2. The first-order valence-electron chi connectivity index (χ1n) is 7.64. The smallest absolute Gasteiger partial charge is 0.342 e. The SMILES string of the molecule is COCCc1cc(O)c(C(=O)OC(C)C)c(-c2ccccc2)c1. The Balaban J connectivity index is 2.53. The highest BCUT2D eigenvalue weighted by atomic mass is 16.5. The van der Waals surface area contributed by atoms with Gasteiger partial charge in [-0.3, -0.25) is 0 Å². The van der Waals surface area contributed by atoms with Gasteiger partial charge in [-0.05, 0) is 43.5 Å². The lowest BCUT2D eigenvalue weighted by Gasteiger charge is -2.15. The van der Waals surface area contributed by atoms with Gasteiger partial charge >= 0.3 is 5.97 Å². The topological polar surface area (TPSA) is 55.8 Å². The third-order valence-electron chi connectivity index (χ3n) is 3.40. The first-order valence-corrected chi connectivity index (χ1v) is 7.64. The summed E-state index contributed by atoms with van der Waals surface area (Å²) in [5.41, 5.74) is 2.63. The predicted molar refractivity (Wildman–Crippen MR) is 89.7 cm³/mol. The van der Waals surface area contributed by atoms with Crippen molar-refractivity contribution >= 4 is 5.97 Å².